The first-order valence-electron chi connectivity index (χ1n) is 5.09. The van der Waals surface area contributed by atoms with E-state index in [1.807, 2.05) is 7.05 Å². The molecule has 1 aliphatic rings. The van der Waals surface area contributed by atoms with Gasteiger partial charge in [0.2, 0.25) is 5.95 Å². The molecule has 2 N–H and O–H groups in total. The lowest BCUT2D eigenvalue weighted by atomic mass is 9.81. The summed E-state index contributed by atoms with van der Waals surface area (Å²) >= 11 is 3.32. The van der Waals surface area contributed by atoms with Crippen LogP contribution in [0.2, 0.25) is 0 Å². The van der Waals surface area contributed by atoms with Gasteiger partial charge in [-0.1, -0.05) is 0 Å². The van der Waals surface area contributed by atoms with Crippen LogP contribution in [0.15, 0.2) is 16.9 Å². The van der Waals surface area contributed by atoms with Crippen molar-refractivity contribution in [3.8, 4) is 0 Å². The Morgan fingerprint density at radius 3 is 2.60 bits per heavy atom. The van der Waals surface area contributed by atoms with Gasteiger partial charge in [0, 0.05) is 32.0 Å². The number of anilines is 1. The zero-order valence-electron chi connectivity index (χ0n) is 8.73. The summed E-state index contributed by atoms with van der Waals surface area (Å²) in [5.41, 5.74) is 5.75. The topological polar surface area (TPSA) is 55.0 Å². The van der Waals surface area contributed by atoms with Crippen molar-refractivity contribution in [2.24, 2.45) is 11.7 Å². The van der Waals surface area contributed by atoms with Crippen molar-refractivity contribution in [1.29, 1.82) is 0 Å². The Labute approximate surface area is 98.0 Å². The van der Waals surface area contributed by atoms with Crippen LogP contribution in [0.25, 0.3) is 0 Å². The maximum absolute atomic E-state index is 5.75. The first kappa shape index (κ1) is 10.8. The predicted molar refractivity (Wildman–Crippen MR) is 63.7 cm³/mol. The molecule has 1 aromatic rings. The molecule has 0 bridgehead atoms. The average Bonchev–Trinajstić information content (AvgIpc) is 2.16. The lowest BCUT2D eigenvalue weighted by molar-refractivity contribution is 0.270. The third-order valence-corrected chi connectivity index (χ3v) is 3.16. The van der Waals surface area contributed by atoms with Gasteiger partial charge >= 0.3 is 0 Å². The molecule has 0 aliphatic heterocycles. The largest absolute Gasteiger partial charge is 0.344 e. The molecule has 0 unspecified atom stereocenters. The highest BCUT2D eigenvalue weighted by Gasteiger charge is 2.27. The maximum Gasteiger partial charge on any atom is 0.225 e. The van der Waals surface area contributed by atoms with E-state index in [1.54, 1.807) is 12.4 Å². The lowest BCUT2D eigenvalue weighted by Crippen LogP contribution is -2.42. The molecule has 5 heteroatoms. The van der Waals surface area contributed by atoms with Crippen LogP contribution < -0.4 is 10.6 Å². The molecule has 0 spiro atoms. The van der Waals surface area contributed by atoms with Crippen LogP contribution in [0.3, 0.4) is 0 Å². The van der Waals surface area contributed by atoms with Crippen LogP contribution in [0, 0.1) is 5.92 Å². The molecule has 1 aromatic heterocycles. The van der Waals surface area contributed by atoms with Gasteiger partial charge in [-0.05, 0) is 34.7 Å². The maximum atomic E-state index is 5.75. The quantitative estimate of drug-likeness (QED) is 0.903. The number of nitrogens with two attached hydrogens (primary N) is 1. The number of rotatable bonds is 3. The van der Waals surface area contributed by atoms with Crippen molar-refractivity contribution in [2.45, 2.75) is 18.9 Å². The van der Waals surface area contributed by atoms with Gasteiger partial charge < -0.3 is 10.6 Å². The Kier molecular flexibility index (Phi) is 3.21. The van der Waals surface area contributed by atoms with Crippen LogP contribution in [0.1, 0.15) is 12.8 Å². The number of nitrogens with zero attached hydrogens (tertiary/aromatic N) is 3. The molecule has 2 rings (SSSR count). The standard InChI is InChI=1S/C10H15BrN4/c1-15(6-7-2-9(12)3-7)10-13-4-8(11)5-14-10/h4-5,7,9H,2-3,6,12H2,1H3. The number of hydrogen-bond acceptors (Lipinski definition) is 4. The SMILES string of the molecule is CN(CC1CC(N)C1)c1ncc(Br)cn1. The van der Waals surface area contributed by atoms with Crippen molar-refractivity contribution in [3.63, 3.8) is 0 Å². The highest BCUT2D eigenvalue weighted by Crippen LogP contribution is 2.26. The Hall–Kier alpha value is -0.680. The summed E-state index contributed by atoms with van der Waals surface area (Å²) in [6.45, 7) is 0.995. The Morgan fingerprint density at radius 1 is 1.47 bits per heavy atom. The van der Waals surface area contributed by atoms with Gasteiger partial charge in [0.05, 0.1) is 4.47 Å². The Morgan fingerprint density at radius 2 is 2.07 bits per heavy atom. The van der Waals surface area contributed by atoms with Crippen LogP contribution in [0.4, 0.5) is 5.95 Å². The van der Waals surface area contributed by atoms with E-state index in [0.717, 1.165) is 29.8 Å². The van der Waals surface area contributed by atoms with Gasteiger partial charge in [-0.2, -0.15) is 0 Å². The molecule has 1 saturated carbocycles. The van der Waals surface area contributed by atoms with Gasteiger partial charge in [0.25, 0.3) is 0 Å². The normalized spacial score (nSPS) is 24.7. The molecule has 15 heavy (non-hydrogen) atoms. The second-order valence-electron chi connectivity index (χ2n) is 4.18. The number of halogens is 1. The fourth-order valence-electron chi connectivity index (χ4n) is 1.91. The van der Waals surface area contributed by atoms with E-state index in [2.05, 4.69) is 30.8 Å². The highest BCUT2D eigenvalue weighted by atomic mass is 79.9. The first-order valence-corrected chi connectivity index (χ1v) is 5.88. The average molecular weight is 271 g/mol. The summed E-state index contributed by atoms with van der Waals surface area (Å²) < 4.78 is 0.908. The monoisotopic (exact) mass is 270 g/mol. The zero-order valence-corrected chi connectivity index (χ0v) is 10.3. The minimum Gasteiger partial charge on any atom is -0.344 e. The molecule has 4 nitrogen and oxygen atoms in total. The molecule has 82 valence electrons. The van der Waals surface area contributed by atoms with E-state index in [4.69, 9.17) is 5.73 Å². The molecule has 0 atom stereocenters. The molecular weight excluding hydrogens is 256 g/mol. The van der Waals surface area contributed by atoms with Crippen molar-refractivity contribution in [3.05, 3.63) is 16.9 Å². The van der Waals surface area contributed by atoms with Crippen LogP contribution in [-0.2, 0) is 0 Å². The molecule has 1 heterocycles. The minimum atomic E-state index is 0.411. The smallest absolute Gasteiger partial charge is 0.225 e. The van der Waals surface area contributed by atoms with E-state index < -0.39 is 0 Å². The minimum absolute atomic E-state index is 0.411. The molecule has 0 radical (unpaired) electrons. The summed E-state index contributed by atoms with van der Waals surface area (Å²) in [5, 5.41) is 0. The summed E-state index contributed by atoms with van der Waals surface area (Å²) in [4.78, 5) is 10.6. The van der Waals surface area contributed by atoms with Gasteiger partial charge in [-0.25, -0.2) is 9.97 Å². The number of aromatic nitrogens is 2. The van der Waals surface area contributed by atoms with Crippen molar-refractivity contribution < 1.29 is 0 Å². The molecule has 0 saturated heterocycles. The second kappa shape index (κ2) is 4.45. The molecule has 1 aliphatic carbocycles. The molecular formula is C10H15BrN4. The fraction of sp³-hybridized carbons (Fsp3) is 0.600. The Balaban J connectivity index is 1.90. The van der Waals surface area contributed by atoms with E-state index in [9.17, 15) is 0 Å². The third kappa shape index (κ3) is 2.66. The van der Waals surface area contributed by atoms with Gasteiger partial charge in [-0.3, -0.25) is 0 Å². The van der Waals surface area contributed by atoms with E-state index >= 15 is 0 Å². The van der Waals surface area contributed by atoms with E-state index in [1.165, 1.54) is 0 Å². The summed E-state index contributed by atoms with van der Waals surface area (Å²) in [6.07, 6.45) is 5.79. The van der Waals surface area contributed by atoms with Crippen molar-refractivity contribution in [2.75, 3.05) is 18.5 Å². The van der Waals surface area contributed by atoms with Crippen LogP contribution >= 0.6 is 15.9 Å². The summed E-state index contributed by atoms with van der Waals surface area (Å²) in [6, 6.07) is 0.411. The van der Waals surface area contributed by atoms with E-state index in [0.29, 0.717) is 12.0 Å². The fourth-order valence-corrected chi connectivity index (χ4v) is 2.11. The van der Waals surface area contributed by atoms with Crippen molar-refractivity contribution >= 4 is 21.9 Å². The Bertz CT molecular complexity index is 321. The second-order valence-corrected chi connectivity index (χ2v) is 5.09. The van der Waals surface area contributed by atoms with E-state index in [-0.39, 0.29) is 0 Å². The van der Waals surface area contributed by atoms with Crippen molar-refractivity contribution in [1.82, 2.24) is 9.97 Å². The highest BCUT2D eigenvalue weighted by molar-refractivity contribution is 9.10. The lowest BCUT2D eigenvalue weighted by Gasteiger charge is -2.35. The summed E-state index contributed by atoms with van der Waals surface area (Å²) in [5.74, 6) is 1.48. The zero-order chi connectivity index (χ0) is 10.8. The first-order chi connectivity index (χ1) is 7.15. The van der Waals surface area contributed by atoms with Gasteiger partial charge in [0.15, 0.2) is 0 Å². The molecule has 1 fully saturated rings. The van der Waals surface area contributed by atoms with Gasteiger partial charge in [0.1, 0.15) is 0 Å². The number of hydrogen-bond donors (Lipinski definition) is 1. The van der Waals surface area contributed by atoms with Crippen LogP contribution in [-0.4, -0.2) is 29.6 Å². The molecule has 0 amide bonds. The van der Waals surface area contributed by atoms with Gasteiger partial charge in [-0.15, -0.1) is 0 Å². The van der Waals surface area contributed by atoms with Crippen LogP contribution in [0.5, 0.6) is 0 Å². The summed E-state index contributed by atoms with van der Waals surface area (Å²) in [7, 11) is 2.02. The third-order valence-electron chi connectivity index (χ3n) is 2.75. The predicted octanol–water partition coefficient (Wildman–Crippen LogP) is 1.41. The molecule has 0 aromatic carbocycles.